The average Bonchev–Trinajstić information content (AvgIpc) is 2.67. The SMILES string of the molecule is COc1ccc(-c2cc(C(F)(F)F)nc(-c3ccccc3)c2OC)cc1. The molecule has 0 saturated carbocycles. The third-order valence-electron chi connectivity index (χ3n) is 3.92. The fraction of sp³-hybridized carbons (Fsp3) is 0.150. The molecule has 0 fully saturated rings. The minimum atomic E-state index is -4.57. The van der Waals surface area contributed by atoms with Crippen LogP contribution in [-0.2, 0) is 6.18 Å². The molecule has 0 atom stereocenters. The Morgan fingerprint density at radius 3 is 2.00 bits per heavy atom. The lowest BCUT2D eigenvalue weighted by Crippen LogP contribution is -2.10. The zero-order chi connectivity index (χ0) is 18.7. The number of hydrogen-bond donors (Lipinski definition) is 0. The molecule has 0 unspecified atom stereocenters. The molecule has 0 aliphatic heterocycles. The standard InChI is InChI=1S/C20H16F3NO2/c1-25-15-10-8-13(9-11-15)16-12-17(20(21,22)23)24-18(19(16)26-2)14-6-4-3-5-7-14/h3-12H,1-2H3. The zero-order valence-electron chi connectivity index (χ0n) is 14.2. The van der Waals surface area contributed by atoms with Crippen molar-refractivity contribution in [2.45, 2.75) is 6.18 Å². The number of methoxy groups -OCH3 is 2. The van der Waals surface area contributed by atoms with Gasteiger partial charge in [-0.05, 0) is 23.8 Å². The molecule has 1 heterocycles. The van der Waals surface area contributed by atoms with Crippen molar-refractivity contribution in [3.05, 3.63) is 66.4 Å². The van der Waals surface area contributed by atoms with E-state index in [2.05, 4.69) is 4.98 Å². The van der Waals surface area contributed by atoms with Crippen molar-refractivity contribution in [1.82, 2.24) is 4.98 Å². The predicted molar refractivity (Wildman–Crippen MR) is 93.2 cm³/mol. The summed E-state index contributed by atoms with van der Waals surface area (Å²) in [7, 11) is 2.95. The van der Waals surface area contributed by atoms with Gasteiger partial charge in [-0.2, -0.15) is 13.2 Å². The van der Waals surface area contributed by atoms with E-state index in [1.165, 1.54) is 14.2 Å². The topological polar surface area (TPSA) is 31.4 Å². The molecule has 0 aliphatic carbocycles. The largest absolute Gasteiger partial charge is 0.497 e. The minimum Gasteiger partial charge on any atom is -0.497 e. The van der Waals surface area contributed by atoms with E-state index >= 15 is 0 Å². The highest BCUT2D eigenvalue weighted by Gasteiger charge is 2.35. The molecule has 0 amide bonds. The highest BCUT2D eigenvalue weighted by atomic mass is 19.4. The smallest absolute Gasteiger partial charge is 0.433 e. The number of aromatic nitrogens is 1. The number of rotatable bonds is 4. The quantitative estimate of drug-likeness (QED) is 0.621. The molecule has 0 bridgehead atoms. The first kappa shape index (κ1) is 17.8. The Labute approximate surface area is 149 Å². The van der Waals surface area contributed by atoms with Crippen LogP contribution in [0.4, 0.5) is 13.2 Å². The lowest BCUT2D eigenvalue weighted by Gasteiger charge is -2.17. The number of hydrogen-bond acceptors (Lipinski definition) is 3. The van der Waals surface area contributed by atoms with Gasteiger partial charge in [0.25, 0.3) is 0 Å². The molecule has 26 heavy (non-hydrogen) atoms. The van der Waals surface area contributed by atoms with Crippen LogP contribution in [0.15, 0.2) is 60.7 Å². The first-order chi connectivity index (χ1) is 12.4. The maximum Gasteiger partial charge on any atom is 0.433 e. The molecule has 3 rings (SSSR count). The van der Waals surface area contributed by atoms with E-state index in [9.17, 15) is 13.2 Å². The van der Waals surface area contributed by atoms with Crippen molar-refractivity contribution in [3.8, 4) is 33.9 Å². The molecule has 0 spiro atoms. The van der Waals surface area contributed by atoms with E-state index in [-0.39, 0.29) is 11.4 Å². The van der Waals surface area contributed by atoms with Crippen LogP contribution in [0.5, 0.6) is 11.5 Å². The van der Waals surface area contributed by atoms with Gasteiger partial charge in [0, 0.05) is 11.1 Å². The second-order valence-corrected chi connectivity index (χ2v) is 5.53. The molecular formula is C20H16F3NO2. The van der Waals surface area contributed by atoms with Crippen molar-refractivity contribution >= 4 is 0 Å². The lowest BCUT2D eigenvalue weighted by molar-refractivity contribution is -0.141. The van der Waals surface area contributed by atoms with Crippen LogP contribution in [0, 0.1) is 0 Å². The summed E-state index contributed by atoms with van der Waals surface area (Å²) in [4.78, 5) is 3.83. The Bertz CT molecular complexity index is 891. The Kier molecular flexibility index (Phi) is 4.84. The average molecular weight is 359 g/mol. The van der Waals surface area contributed by atoms with Crippen LogP contribution in [0.1, 0.15) is 5.69 Å². The summed E-state index contributed by atoms with van der Waals surface area (Å²) in [6.45, 7) is 0. The fourth-order valence-electron chi connectivity index (χ4n) is 2.66. The van der Waals surface area contributed by atoms with E-state index in [0.29, 0.717) is 22.4 Å². The third-order valence-corrected chi connectivity index (χ3v) is 3.92. The normalized spacial score (nSPS) is 11.3. The van der Waals surface area contributed by atoms with Crippen molar-refractivity contribution < 1.29 is 22.6 Å². The highest BCUT2D eigenvalue weighted by Crippen LogP contribution is 2.41. The molecule has 3 nitrogen and oxygen atoms in total. The van der Waals surface area contributed by atoms with Gasteiger partial charge in [-0.1, -0.05) is 42.5 Å². The second kappa shape index (κ2) is 7.07. The van der Waals surface area contributed by atoms with Crippen LogP contribution in [0.3, 0.4) is 0 Å². The molecule has 134 valence electrons. The van der Waals surface area contributed by atoms with Crippen LogP contribution >= 0.6 is 0 Å². The molecule has 0 aliphatic rings. The highest BCUT2D eigenvalue weighted by molar-refractivity contribution is 5.80. The summed E-state index contributed by atoms with van der Waals surface area (Å²) in [5.74, 6) is 0.899. The van der Waals surface area contributed by atoms with Gasteiger partial charge in [-0.25, -0.2) is 4.98 Å². The van der Waals surface area contributed by atoms with Gasteiger partial charge in [0.1, 0.15) is 17.1 Å². The summed E-state index contributed by atoms with van der Waals surface area (Å²) >= 11 is 0. The Morgan fingerprint density at radius 1 is 0.808 bits per heavy atom. The summed E-state index contributed by atoms with van der Waals surface area (Å²) < 4.78 is 50.8. The van der Waals surface area contributed by atoms with Gasteiger partial charge in [0.15, 0.2) is 5.75 Å². The first-order valence-corrected chi connectivity index (χ1v) is 7.80. The third kappa shape index (κ3) is 3.49. The van der Waals surface area contributed by atoms with Crippen molar-refractivity contribution in [2.24, 2.45) is 0 Å². The first-order valence-electron chi connectivity index (χ1n) is 7.80. The Balaban J connectivity index is 2.27. The van der Waals surface area contributed by atoms with Gasteiger partial charge in [-0.15, -0.1) is 0 Å². The molecular weight excluding hydrogens is 343 g/mol. The molecule has 6 heteroatoms. The van der Waals surface area contributed by atoms with E-state index in [0.717, 1.165) is 6.07 Å². The summed E-state index contributed by atoms with van der Waals surface area (Å²) in [5.41, 5.74) is 0.617. The van der Waals surface area contributed by atoms with E-state index < -0.39 is 11.9 Å². The maximum atomic E-state index is 13.4. The monoisotopic (exact) mass is 359 g/mol. The van der Waals surface area contributed by atoms with Gasteiger partial charge in [-0.3, -0.25) is 0 Å². The van der Waals surface area contributed by atoms with Crippen molar-refractivity contribution in [3.63, 3.8) is 0 Å². The minimum absolute atomic E-state index is 0.147. The molecule has 0 saturated heterocycles. The molecule has 2 aromatic carbocycles. The van der Waals surface area contributed by atoms with Crippen LogP contribution in [0.2, 0.25) is 0 Å². The van der Waals surface area contributed by atoms with Gasteiger partial charge in [0.05, 0.1) is 14.2 Å². The number of benzene rings is 2. The lowest BCUT2D eigenvalue weighted by atomic mass is 10.00. The second-order valence-electron chi connectivity index (χ2n) is 5.53. The van der Waals surface area contributed by atoms with Crippen LogP contribution in [-0.4, -0.2) is 19.2 Å². The zero-order valence-corrected chi connectivity index (χ0v) is 14.2. The number of halogens is 3. The summed E-state index contributed by atoms with van der Waals surface area (Å²) in [5, 5.41) is 0. The van der Waals surface area contributed by atoms with Crippen molar-refractivity contribution in [1.29, 1.82) is 0 Å². The predicted octanol–water partition coefficient (Wildman–Crippen LogP) is 5.45. The number of ether oxygens (including phenoxy) is 2. The Hall–Kier alpha value is -3.02. The van der Waals surface area contributed by atoms with Crippen LogP contribution in [0.25, 0.3) is 22.4 Å². The maximum absolute atomic E-state index is 13.4. The van der Waals surface area contributed by atoms with E-state index in [1.54, 1.807) is 54.6 Å². The van der Waals surface area contributed by atoms with E-state index in [4.69, 9.17) is 9.47 Å². The number of pyridine rings is 1. The molecule has 3 aromatic rings. The summed E-state index contributed by atoms with van der Waals surface area (Å²) in [6.07, 6.45) is -4.57. The Morgan fingerprint density at radius 2 is 1.46 bits per heavy atom. The van der Waals surface area contributed by atoms with Gasteiger partial charge in [0.2, 0.25) is 0 Å². The molecule has 0 N–H and O–H groups in total. The molecule has 1 aromatic heterocycles. The summed E-state index contributed by atoms with van der Waals surface area (Å²) in [6, 6.07) is 16.4. The number of nitrogens with zero attached hydrogens (tertiary/aromatic N) is 1. The van der Waals surface area contributed by atoms with Crippen LogP contribution < -0.4 is 9.47 Å². The van der Waals surface area contributed by atoms with Gasteiger partial charge < -0.3 is 9.47 Å². The van der Waals surface area contributed by atoms with Crippen molar-refractivity contribution in [2.75, 3.05) is 14.2 Å². The fourth-order valence-corrected chi connectivity index (χ4v) is 2.66. The molecule has 0 radical (unpaired) electrons. The number of alkyl halides is 3. The van der Waals surface area contributed by atoms with E-state index in [1.807, 2.05) is 0 Å². The van der Waals surface area contributed by atoms with Gasteiger partial charge >= 0.3 is 6.18 Å².